The predicted molar refractivity (Wildman–Crippen MR) is 223 cm³/mol. The minimum absolute atomic E-state index is 0.117. The van der Waals surface area contributed by atoms with E-state index in [-0.39, 0.29) is 19.4 Å². The van der Waals surface area contributed by atoms with Gasteiger partial charge in [0.25, 0.3) is 0 Å². The molecule has 3 atom stereocenters. The van der Waals surface area contributed by atoms with Crippen LogP contribution in [0, 0.1) is 0 Å². The molecule has 0 aliphatic rings. The second-order valence-corrected chi connectivity index (χ2v) is 14.4. The number of carbonyl (C=O) groups excluding carboxylic acids is 2. The topological polar surface area (TPSA) is 149 Å². The molecule has 0 aliphatic carbocycles. The van der Waals surface area contributed by atoms with Gasteiger partial charge in [0.1, 0.15) is 12.7 Å². The van der Waals surface area contributed by atoms with Crippen molar-refractivity contribution >= 4 is 19.8 Å². The number of aliphatic hydroxyl groups is 2. The van der Waals surface area contributed by atoms with Crippen LogP contribution in [0.5, 0.6) is 0 Å². The molecule has 0 heterocycles. The van der Waals surface area contributed by atoms with E-state index in [0.717, 1.165) is 64.2 Å². The van der Waals surface area contributed by atoms with Gasteiger partial charge in [-0.1, -0.05) is 124 Å². The number of allylic oxidation sites excluding steroid dienone is 16. The van der Waals surface area contributed by atoms with E-state index in [1.54, 1.807) is 0 Å². The maximum atomic E-state index is 12.6. The first-order valence-electron chi connectivity index (χ1n) is 20.2. The number of ether oxygens (including phenoxy) is 2. The molecule has 3 N–H and O–H groups in total. The lowest BCUT2D eigenvalue weighted by Crippen LogP contribution is -2.29. The van der Waals surface area contributed by atoms with Crippen LogP contribution in [0.15, 0.2) is 97.2 Å². The fourth-order valence-electron chi connectivity index (χ4n) is 4.62. The Morgan fingerprint density at radius 1 is 0.564 bits per heavy atom. The summed E-state index contributed by atoms with van der Waals surface area (Å²) in [6.07, 6.45) is 46.7. The van der Waals surface area contributed by atoms with Gasteiger partial charge in [0.2, 0.25) is 0 Å². The molecule has 1 unspecified atom stereocenters. The lowest BCUT2D eigenvalue weighted by atomic mass is 10.1. The maximum Gasteiger partial charge on any atom is 0.472 e. The molecule has 0 aromatic rings. The molecule has 11 heteroatoms. The number of hydrogen-bond acceptors (Lipinski definition) is 9. The number of hydrogen-bond donors (Lipinski definition) is 3. The highest BCUT2D eigenvalue weighted by atomic mass is 31.2. The molecule has 0 spiro atoms. The Labute approximate surface area is 332 Å². The molecule has 0 radical (unpaired) electrons. The largest absolute Gasteiger partial charge is 0.472 e. The molecule has 0 amide bonds. The van der Waals surface area contributed by atoms with Gasteiger partial charge in [-0.3, -0.25) is 18.6 Å². The van der Waals surface area contributed by atoms with Crippen LogP contribution in [0.25, 0.3) is 0 Å². The fraction of sp³-hybridized carbons (Fsp3) is 0.591. The molecule has 0 saturated carbocycles. The molecule has 0 bridgehead atoms. The van der Waals surface area contributed by atoms with Gasteiger partial charge < -0.3 is 24.6 Å². The van der Waals surface area contributed by atoms with Gasteiger partial charge >= 0.3 is 19.8 Å². The summed E-state index contributed by atoms with van der Waals surface area (Å²) in [4.78, 5) is 34.9. The highest BCUT2D eigenvalue weighted by Gasteiger charge is 2.27. The second-order valence-electron chi connectivity index (χ2n) is 12.9. The Morgan fingerprint density at radius 3 is 1.49 bits per heavy atom. The number of unbranched alkanes of at least 4 members (excludes halogenated alkanes) is 6. The molecule has 0 aromatic heterocycles. The van der Waals surface area contributed by atoms with Crippen LogP contribution >= 0.6 is 7.82 Å². The van der Waals surface area contributed by atoms with Gasteiger partial charge in [-0.05, 0) is 89.9 Å². The van der Waals surface area contributed by atoms with Gasteiger partial charge in [-0.15, -0.1) is 0 Å². The highest BCUT2D eigenvalue weighted by Crippen LogP contribution is 2.43. The number of phosphoric acid groups is 1. The summed E-state index contributed by atoms with van der Waals surface area (Å²) in [6, 6.07) is 0. The van der Waals surface area contributed by atoms with E-state index in [1.165, 1.54) is 19.3 Å². The van der Waals surface area contributed by atoms with Crippen molar-refractivity contribution in [2.45, 2.75) is 142 Å². The highest BCUT2D eigenvalue weighted by molar-refractivity contribution is 7.47. The van der Waals surface area contributed by atoms with Crippen LogP contribution < -0.4 is 0 Å². The van der Waals surface area contributed by atoms with Crippen molar-refractivity contribution < 1.29 is 47.8 Å². The molecule has 0 fully saturated rings. The zero-order valence-corrected chi connectivity index (χ0v) is 34.5. The van der Waals surface area contributed by atoms with Crippen molar-refractivity contribution in [1.29, 1.82) is 0 Å². The van der Waals surface area contributed by atoms with Crippen LogP contribution in [-0.2, 0) is 32.7 Å². The lowest BCUT2D eigenvalue weighted by Gasteiger charge is -2.20. The van der Waals surface area contributed by atoms with Crippen LogP contribution in [0.4, 0.5) is 0 Å². The van der Waals surface area contributed by atoms with E-state index < -0.39 is 51.8 Å². The van der Waals surface area contributed by atoms with E-state index in [9.17, 15) is 24.2 Å². The summed E-state index contributed by atoms with van der Waals surface area (Å²) in [6.45, 7) is 2.09. The number of rotatable bonds is 36. The van der Waals surface area contributed by atoms with E-state index >= 15 is 0 Å². The summed E-state index contributed by atoms with van der Waals surface area (Å²) in [7, 11) is -4.64. The first-order chi connectivity index (χ1) is 26.7. The molecule has 0 aromatic carbocycles. The number of aliphatic hydroxyl groups excluding tert-OH is 2. The third kappa shape index (κ3) is 38.9. The Kier molecular flexibility index (Phi) is 36.9. The van der Waals surface area contributed by atoms with E-state index in [2.05, 4.69) is 103 Å². The first kappa shape index (κ1) is 51.9. The SMILES string of the molecule is CC/C=C/C/C=C/C/C=C/C/C=C/C/C=C/CCCC(=O)OC[C@H](COP(=O)(O)OC[C@@H](O)CO)OC(=O)CCCC/C=C/C/C=C/C/C=C/CCCCC. The van der Waals surface area contributed by atoms with Crippen molar-refractivity contribution in [3.63, 3.8) is 0 Å². The van der Waals surface area contributed by atoms with Crippen molar-refractivity contribution in [3.8, 4) is 0 Å². The quantitative estimate of drug-likeness (QED) is 0.0242. The molecule has 10 nitrogen and oxygen atoms in total. The molecule has 0 saturated heterocycles. The van der Waals surface area contributed by atoms with Crippen molar-refractivity contribution in [1.82, 2.24) is 0 Å². The smallest absolute Gasteiger partial charge is 0.462 e. The Hall–Kier alpha value is -3.11. The summed E-state index contributed by atoms with van der Waals surface area (Å²) in [5.41, 5.74) is 0. The summed E-state index contributed by atoms with van der Waals surface area (Å²) in [5, 5.41) is 18.3. The van der Waals surface area contributed by atoms with Gasteiger partial charge in [0.15, 0.2) is 6.10 Å². The summed E-state index contributed by atoms with van der Waals surface area (Å²) in [5.74, 6) is -1.05. The standard InChI is InChI=1S/C44H71O10P/c1-3-5-7-9-11-13-15-17-19-20-22-23-25-27-29-31-33-35-43(47)51-39-42(40-53-55(49,50)52-38-41(46)37-45)54-44(48)36-34-32-30-28-26-24-21-18-16-14-12-10-8-6-4-2/h5,7,11-14,17-19,21-23,26-29,41-42,45-46H,3-4,6,8-10,15-16,20,24-25,30-40H2,1-2H3,(H,49,50)/b7-5+,13-11+,14-12+,19-17+,21-18+,23-22+,28-26+,29-27+/t41-,42+/m0/s1. The van der Waals surface area contributed by atoms with Crippen LogP contribution in [0.3, 0.4) is 0 Å². The number of esters is 2. The minimum atomic E-state index is -4.64. The normalized spacial score (nSPS) is 14.9. The fourth-order valence-corrected chi connectivity index (χ4v) is 5.41. The van der Waals surface area contributed by atoms with E-state index in [4.69, 9.17) is 19.1 Å². The summed E-state index contributed by atoms with van der Waals surface area (Å²) >= 11 is 0. The minimum Gasteiger partial charge on any atom is -0.462 e. The average Bonchev–Trinajstić information content (AvgIpc) is 3.17. The molecule has 55 heavy (non-hydrogen) atoms. The number of phosphoric ester groups is 1. The van der Waals surface area contributed by atoms with Crippen LogP contribution in [0.1, 0.15) is 129 Å². The monoisotopic (exact) mass is 790 g/mol. The van der Waals surface area contributed by atoms with Gasteiger partial charge in [0.05, 0.1) is 19.8 Å². The van der Waals surface area contributed by atoms with Crippen LogP contribution in [0.2, 0.25) is 0 Å². The van der Waals surface area contributed by atoms with E-state index in [1.807, 2.05) is 12.2 Å². The van der Waals surface area contributed by atoms with Gasteiger partial charge in [-0.2, -0.15) is 0 Å². The van der Waals surface area contributed by atoms with Crippen LogP contribution in [-0.4, -0.2) is 65.7 Å². The first-order valence-corrected chi connectivity index (χ1v) is 21.7. The van der Waals surface area contributed by atoms with Gasteiger partial charge in [-0.25, -0.2) is 4.57 Å². The third-order valence-electron chi connectivity index (χ3n) is 7.72. The van der Waals surface area contributed by atoms with Gasteiger partial charge in [0, 0.05) is 12.8 Å². The molecular formula is C44H71O10P. The average molecular weight is 791 g/mol. The summed E-state index contributed by atoms with van der Waals surface area (Å²) < 4.78 is 32.5. The Balaban J connectivity index is 4.53. The van der Waals surface area contributed by atoms with Crippen molar-refractivity contribution in [2.75, 3.05) is 26.4 Å². The molecule has 312 valence electrons. The Bertz CT molecular complexity index is 1230. The van der Waals surface area contributed by atoms with Crippen molar-refractivity contribution in [3.05, 3.63) is 97.2 Å². The molecular weight excluding hydrogens is 719 g/mol. The Morgan fingerprint density at radius 2 is 1.00 bits per heavy atom. The zero-order chi connectivity index (χ0) is 40.5. The number of carbonyl (C=O) groups is 2. The molecule has 0 aliphatic heterocycles. The molecule has 0 rings (SSSR count). The van der Waals surface area contributed by atoms with Crippen molar-refractivity contribution in [2.24, 2.45) is 0 Å². The zero-order valence-electron chi connectivity index (χ0n) is 33.6. The predicted octanol–water partition coefficient (Wildman–Crippen LogP) is 10.4. The lowest BCUT2D eigenvalue weighted by molar-refractivity contribution is -0.161. The third-order valence-corrected chi connectivity index (χ3v) is 8.67. The van der Waals surface area contributed by atoms with E-state index in [0.29, 0.717) is 19.3 Å². The maximum absolute atomic E-state index is 12.6. The second kappa shape index (κ2) is 39.1.